The van der Waals surface area contributed by atoms with Crippen molar-refractivity contribution in [1.29, 1.82) is 0 Å². The van der Waals surface area contributed by atoms with Gasteiger partial charge in [-0.15, -0.1) is 0 Å². The average molecular weight is 372 g/mol. The second kappa shape index (κ2) is 6.10. The first kappa shape index (κ1) is 13.9. The van der Waals surface area contributed by atoms with Gasteiger partial charge in [0, 0.05) is 21.4 Å². The van der Waals surface area contributed by atoms with Crippen LogP contribution < -0.4 is 15.8 Å². The van der Waals surface area contributed by atoms with E-state index in [0.29, 0.717) is 18.0 Å². The van der Waals surface area contributed by atoms with Crippen LogP contribution in [0.2, 0.25) is 0 Å². The first-order valence-electron chi connectivity index (χ1n) is 5.84. The van der Waals surface area contributed by atoms with Crippen molar-refractivity contribution >= 4 is 39.7 Å². The summed E-state index contributed by atoms with van der Waals surface area (Å²) in [5.74, 6) is -0.252. The van der Waals surface area contributed by atoms with Gasteiger partial charge >= 0.3 is 0 Å². The summed E-state index contributed by atoms with van der Waals surface area (Å²) in [5, 5.41) is 3.16. The van der Waals surface area contributed by atoms with Gasteiger partial charge in [0.1, 0.15) is 0 Å². The van der Waals surface area contributed by atoms with Gasteiger partial charge in [-0.3, -0.25) is 0 Å². The molecule has 0 saturated carbocycles. The molecule has 0 radical (unpaired) electrons. The molecule has 2 aromatic rings. The van der Waals surface area contributed by atoms with E-state index in [0.717, 1.165) is 9.26 Å². The Hall–Kier alpha value is -1.50. The van der Waals surface area contributed by atoms with Gasteiger partial charge in [-0.1, -0.05) is 6.07 Å². The topological polar surface area (TPSA) is 47.3 Å². The summed E-state index contributed by atoms with van der Waals surface area (Å²) in [6.45, 7) is 2.21. The number of nitrogens with two attached hydrogens (primary N) is 1. The highest BCUT2D eigenvalue weighted by Gasteiger charge is 2.09. The molecule has 5 heteroatoms. The summed E-state index contributed by atoms with van der Waals surface area (Å²) in [6, 6.07) is 10.7. The van der Waals surface area contributed by atoms with Gasteiger partial charge in [0.15, 0.2) is 11.6 Å². The van der Waals surface area contributed by atoms with E-state index >= 15 is 0 Å². The fourth-order valence-corrected chi connectivity index (χ4v) is 2.21. The van der Waals surface area contributed by atoms with Crippen molar-refractivity contribution in [2.45, 2.75) is 6.92 Å². The van der Waals surface area contributed by atoms with E-state index in [2.05, 4.69) is 27.9 Å². The molecular weight excluding hydrogens is 358 g/mol. The second-order valence-electron chi connectivity index (χ2n) is 3.94. The van der Waals surface area contributed by atoms with Gasteiger partial charge in [-0.2, -0.15) is 0 Å². The molecule has 0 aliphatic heterocycles. The predicted molar refractivity (Wildman–Crippen MR) is 84.4 cm³/mol. The highest BCUT2D eigenvalue weighted by Crippen LogP contribution is 2.30. The third-order valence-corrected chi connectivity index (χ3v) is 3.18. The molecule has 3 N–H and O–H groups in total. The molecular formula is C14H14FIN2O. The Balaban J connectivity index is 2.31. The monoisotopic (exact) mass is 372 g/mol. The van der Waals surface area contributed by atoms with E-state index in [1.807, 2.05) is 31.2 Å². The lowest BCUT2D eigenvalue weighted by Gasteiger charge is -2.12. The van der Waals surface area contributed by atoms with Crippen LogP contribution in [0.1, 0.15) is 6.92 Å². The Kier molecular flexibility index (Phi) is 4.47. The van der Waals surface area contributed by atoms with Crippen molar-refractivity contribution in [3.05, 3.63) is 45.8 Å². The molecule has 0 unspecified atom stereocenters. The smallest absolute Gasteiger partial charge is 0.167 e. The van der Waals surface area contributed by atoms with Crippen LogP contribution in [0.4, 0.5) is 21.5 Å². The Labute approximate surface area is 125 Å². The van der Waals surface area contributed by atoms with Crippen molar-refractivity contribution in [3.8, 4) is 5.75 Å². The van der Waals surface area contributed by atoms with Crippen LogP contribution in [0.15, 0.2) is 36.4 Å². The van der Waals surface area contributed by atoms with Gasteiger partial charge < -0.3 is 15.8 Å². The zero-order valence-corrected chi connectivity index (χ0v) is 12.6. The minimum absolute atomic E-state index is 0.199. The van der Waals surface area contributed by atoms with Gasteiger partial charge in [-0.25, -0.2) is 4.39 Å². The third-order valence-electron chi connectivity index (χ3n) is 2.51. The predicted octanol–water partition coefficient (Wildman–Crippen LogP) is 4.15. The van der Waals surface area contributed by atoms with E-state index in [-0.39, 0.29) is 5.75 Å². The molecule has 0 aliphatic carbocycles. The third kappa shape index (κ3) is 3.50. The minimum Gasteiger partial charge on any atom is -0.491 e. The molecule has 0 atom stereocenters. The van der Waals surface area contributed by atoms with Crippen LogP contribution in [0.3, 0.4) is 0 Å². The highest BCUT2D eigenvalue weighted by molar-refractivity contribution is 14.1. The largest absolute Gasteiger partial charge is 0.491 e. The van der Waals surface area contributed by atoms with Crippen molar-refractivity contribution in [2.75, 3.05) is 17.7 Å². The van der Waals surface area contributed by atoms with E-state index in [1.165, 1.54) is 6.07 Å². The number of benzene rings is 2. The maximum Gasteiger partial charge on any atom is 0.167 e. The van der Waals surface area contributed by atoms with Gasteiger partial charge in [-0.05, 0) is 47.7 Å². The van der Waals surface area contributed by atoms with E-state index < -0.39 is 5.82 Å². The average Bonchev–Trinajstić information content (AvgIpc) is 2.35. The molecule has 0 bridgehead atoms. The molecule has 19 heavy (non-hydrogen) atoms. The SMILES string of the molecule is CCOc1cc(Nc2cccc(I)c2)c(N)cc1F. The molecule has 0 fully saturated rings. The summed E-state index contributed by atoms with van der Waals surface area (Å²) < 4.78 is 19.9. The molecule has 0 aliphatic rings. The fraction of sp³-hybridized carbons (Fsp3) is 0.143. The molecule has 3 nitrogen and oxygen atoms in total. The maximum atomic E-state index is 13.6. The zero-order chi connectivity index (χ0) is 13.8. The van der Waals surface area contributed by atoms with Crippen LogP contribution in [0, 0.1) is 9.39 Å². The van der Waals surface area contributed by atoms with Gasteiger partial charge in [0.2, 0.25) is 0 Å². The summed E-state index contributed by atoms with van der Waals surface area (Å²) in [5.41, 5.74) is 7.69. The van der Waals surface area contributed by atoms with Crippen LogP contribution in [0.5, 0.6) is 5.75 Å². The molecule has 2 aromatic carbocycles. The Bertz CT molecular complexity index is 590. The number of rotatable bonds is 4. The van der Waals surface area contributed by atoms with Crippen LogP contribution in [-0.2, 0) is 0 Å². The lowest BCUT2D eigenvalue weighted by atomic mass is 10.2. The Morgan fingerprint density at radius 3 is 2.79 bits per heavy atom. The summed E-state index contributed by atoms with van der Waals surface area (Å²) in [7, 11) is 0. The highest BCUT2D eigenvalue weighted by atomic mass is 127. The number of anilines is 3. The Morgan fingerprint density at radius 2 is 2.11 bits per heavy atom. The molecule has 2 rings (SSSR count). The maximum absolute atomic E-state index is 13.6. The van der Waals surface area contributed by atoms with E-state index in [4.69, 9.17) is 10.5 Å². The normalized spacial score (nSPS) is 10.3. The first-order chi connectivity index (χ1) is 9.10. The van der Waals surface area contributed by atoms with Crippen molar-refractivity contribution < 1.29 is 9.13 Å². The van der Waals surface area contributed by atoms with Crippen molar-refractivity contribution in [1.82, 2.24) is 0 Å². The molecule has 0 saturated heterocycles. The summed E-state index contributed by atoms with van der Waals surface area (Å²) in [4.78, 5) is 0. The van der Waals surface area contributed by atoms with Crippen LogP contribution in [-0.4, -0.2) is 6.61 Å². The number of hydrogen-bond donors (Lipinski definition) is 2. The number of ether oxygens (including phenoxy) is 1. The van der Waals surface area contributed by atoms with E-state index in [9.17, 15) is 4.39 Å². The fourth-order valence-electron chi connectivity index (χ4n) is 1.66. The van der Waals surface area contributed by atoms with Crippen molar-refractivity contribution in [2.24, 2.45) is 0 Å². The minimum atomic E-state index is -0.451. The Morgan fingerprint density at radius 1 is 1.32 bits per heavy atom. The standard InChI is InChI=1S/C14H14FIN2O/c1-2-19-14-8-13(12(17)7-11(14)15)18-10-5-3-4-9(16)6-10/h3-8,18H,2,17H2,1H3. The van der Waals surface area contributed by atoms with E-state index in [1.54, 1.807) is 6.07 Å². The van der Waals surface area contributed by atoms with Crippen LogP contribution in [0.25, 0.3) is 0 Å². The second-order valence-corrected chi connectivity index (χ2v) is 5.18. The number of hydrogen-bond acceptors (Lipinski definition) is 3. The molecule has 0 spiro atoms. The lowest BCUT2D eigenvalue weighted by Crippen LogP contribution is -2.01. The zero-order valence-electron chi connectivity index (χ0n) is 10.4. The summed E-state index contributed by atoms with van der Waals surface area (Å²) in [6.07, 6.45) is 0. The van der Waals surface area contributed by atoms with Crippen LogP contribution >= 0.6 is 22.6 Å². The van der Waals surface area contributed by atoms with Crippen molar-refractivity contribution in [3.63, 3.8) is 0 Å². The van der Waals surface area contributed by atoms with Gasteiger partial charge in [0.25, 0.3) is 0 Å². The molecule has 0 aromatic heterocycles. The molecule has 0 amide bonds. The number of nitrogen functional groups attached to an aromatic ring is 1. The summed E-state index contributed by atoms with van der Waals surface area (Å²) >= 11 is 2.23. The lowest BCUT2D eigenvalue weighted by molar-refractivity contribution is 0.322. The number of nitrogens with one attached hydrogen (secondary N) is 1. The quantitative estimate of drug-likeness (QED) is 0.626. The number of halogens is 2. The first-order valence-corrected chi connectivity index (χ1v) is 6.92. The molecule has 100 valence electrons. The van der Waals surface area contributed by atoms with Gasteiger partial charge in [0.05, 0.1) is 18.0 Å². The molecule has 0 heterocycles.